The molecule has 2 aliphatic rings. The van der Waals surface area contributed by atoms with E-state index in [1.807, 2.05) is 18.7 Å². The van der Waals surface area contributed by atoms with E-state index < -0.39 is 0 Å². The molecule has 0 aliphatic carbocycles. The summed E-state index contributed by atoms with van der Waals surface area (Å²) in [6, 6.07) is 0.167. The van der Waals surface area contributed by atoms with Gasteiger partial charge in [0, 0.05) is 37.5 Å². The molecule has 0 unspecified atom stereocenters. The summed E-state index contributed by atoms with van der Waals surface area (Å²) in [5.41, 5.74) is 3.59. The maximum absolute atomic E-state index is 12.6. The number of aryl methyl sites for hydroxylation is 2. The van der Waals surface area contributed by atoms with Crippen molar-refractivity contribution in [3.8, 4) is 0 Å². The average Bonchev–Trinajstić information content (AvgIpc) is 3.27. The van der Waals surface area contributed by atoms with Gasteiger partial charge in [-0.3, -0.25) is 14.4 Å². The molecule has 3 heterocycles. The number of likely N-dealkylation sites (tertiary alicyclic amines) is 1. The van der Waals surface area contributed by atoms with Crippen molar-refractivity contribution in [2.45, 2.75) is 64.6 Å². The van der Waals surface area contributed by atoms with Crippen LogP contribution in [0.3, 0.4) is 0 Å². The van der Waals surface area contributed by atoms with E-state index in [2.05, 4.69) is 29.2 Å². The highest BCUT2D eigenvalue weighted by Crippen LogP contribution is 2.36. The molecule has 6 nitrogen and oxygen atoms in total. The Balaban J connectivity index is 1.66. The van der Waals surface area contributed by atoms with E-state index in [-0.39, 0.29) is 18.1 Å². The van der Waals surface area contributed by atoms with Crippen molar-refractivity contribution >= 4 is 5.91 Å². The Morgan fingerprint density at radius 1 is 1.38 bits per heavy atom. The molecule has 2 fully saturated rings. The molecule has 1 amide bonds. The molecule has 0 spiro atoms. The molecule has 0 aromatic carbocycles. The van der Waals surface area contributed by atoms with Crippen LogP contribution >= 0.6 is 0 Å². The normalized spacial score (nSPS) is 26.0. The van der Waals surface area contributed by atoms with Crippen LogP contribution < -0.4 is 5.32 Å². The molecule has 0 saturated carbocycles. The number of rotatable bonds is 5. The van der Waals surface area contributed by atoms with E-state index in [0.717, 1.165) is 44.5 Å². The highest BCUT2D eigenvalue weighted by molar-refractivity contribution is 5.81. The molecular weight excluding hydrogens is 304 g/mol. The van der Waals surface area contributed by atoms with E-state index in [0.29, 0.717) is 12.6 Å². The van der Waals surface area contributed by atoms with Gasteiger partial charge in [-0.1, -0.05) is 0 Å². The Morgan fingerprint density at radius 2 is 2.17 bits per heavy atom. The zero-order chi connectivity index (χ0) is 17.3. The highest BCUT2D eigenvalue weighted by Gasteiger charge is 2.35. The van der Waals surface area contributed by atoms with Crippen molar-refractivity contribution in [3.63, 3.8) is 0 Å². The number of carbonyl (C=O) groups is 1. The van der Waals surface area contributed by atoms with Crippen molar-refractivity contribution < 1.29 is 9.53 Å². The first kappa shape index (κ1) is 17.4. The van der Waals surface area contributed by atoms with Crippen molar-refractivity contribution in [2.75, 3.05) is 19.7 Å². The molecule has 3 atom stereocenters. The van der Waals surface area contributed by atoms with Gasteiger partial charge in [0.15, 0.2) is 0 Å². The Hall–Kier alpha value is -1.40. The predicted molar refractivity (Wildman–Crippen MR) is 92.8 cm³/mol. The first-order chi connectivity index (χ1) is 11.5. The van der Waals surface area contributed by atoms with Crippen LogP contribution in [-0.2, 0) is 16.6 Å². The molecule has 134 valence electrons. The quantitative estimate of drug-likeness (QED) is 0.893. The zero-order valence-electron chi connectivity index (χ0n) is 15.3. The second-order valence-corrected chi connectivity index (χ2v) is 7.16. The van der Waals surface area contributed by atoms with Gasteiger partial charge in [0.05, 0.1) is 17.8 Å². The molecular formula is C18H30N4O2. The summed E-state index contributed by atoms with van der Waals surface area (Å²) >= 11 is 0. The van der Waals surface area contributed by atoms with Crippen LogP contribution in [0.4, 0.5) is 0 Å². The van der Waals surface area contributed by atoms with E-state index >= 15 is 0 Å². The van der Waals surface area contributed by atoms with Gasteiger partial charge < -0.3 is 10.1 Å². The number of hydrogen-bond acceptors (Lipinski definition) is 4. The molecule has 24 heavy (non-hydrogen) atoms. The molecule has 3 rings (SSSR count). The van der Waals surface area contributed by atoms with Crippen LogP contribution in [0.5, 0.6) is 0 Å². The Kier molecular flexibility index (Phi) is 5.25. The number of nitrogens with zero attached hydrogens (tertiary/aromatic N) is 3. The molecule has 0 bridgehead atoms. The van der Waals surface area contributed by atoms with Gasteiger partial charge in [-0.15, -0.1) is 0 Å². The fourth-order valence-corrected chi connectivity index (χ4v) is 4.15. The van der Waals surface area contributed by atoms with Crippen LogP contribution in [-0.4, -0.2) is 52.4 Å². The van der Waals surface area contributed by atoms with Crippen LogP contribution in [0.1, 0.15) is 55.6 Å². The predicted octanol–water partition coefficient (Wildman–Crippen LogP) is 1.86. The third-order valence-electron chi connectivity index (χ3n) is 5.60. The minimum atomic E-state index is -0.127. The standard InChI is InChI=1S/C18H30N4O2/c1-12-17(13(2)21(4)20-12)16-8-5-9-22(16)14(3)18(23)19-11-15-7-6-10-24-15/h14-16H,5-11H2,1-4H3,(H,19,23)/t14-,15-,16-/m0/s1. The Bertz CT molecular complexity index is 592. The van der Waals surface area contributed by atoms with Crippen LogP contribution in [0.2, 0.25) is 0 Å². The minimum Gasteiger partial charge on any atom is -0.376 e. The maximum atomic E-state index is 12.6. The molecule has 2 aliphatic heterocycles. The topological polar surface area (TPSA) is 59.4 Å². The Morgan fingerprint density at radius 3 is 2.79 bits per heavy atom. The van der Waals surface area contributed by atoms with Gasteiger partial charge in [0.1, 0.15) is 0 Å². The van der Waals surface area contributed by atoms with Gasteiger partial charge in [0.25, 0.3) is 0 Å². The smallest absolute Gasteiger partial charge is 0.237 e. The molecule has 6 heteroatoms. The fourth-order valence-electron chi connectivity index (χ4n) is 4.15. The van der Waals surface area contributed by atoms with Crippen LogP contribution in [0.15, 0.2) is 0 Å². The number of ether oxygens (including phenoxy) is 1. The second-order valence-electron chi connectivity index (χ2n) is 7.16. The number of amides is 1. The molecule has 0 radical (unpaired) electrons. The third-order valence-corrected chi connectivity index (χ3v) is 5.60. The second kappa shape index (κ2) is 7.23. The van der Waals surface area contributed by atoms with E-state index in [9.17, 15) is 4.79 Å². The first-order valence-electron chi connectivity index (χ1n) is 9.14. The monoisotopic (exact) mass is 334 g/mol. The minimum absolute atomic E-state index is 0.108. The lowest BCUT2D eigenvalue weighted by molar-refractivity contribution is -0.126. The van der Waals surface area contributed by atoms with Gasteiger partial charge in [-0.25, -0.2) is 0 Å². The van der Waals surface area contributed by atoms with E-state index in [4.69, 9.17) is 4.74 Å². The summed E-state index contributed by atoms with van der Waals surface area (Å²) in [6.07, 6.45) is 4.57. The van der Waals surface area contributed by atoms with Crippen LogP contribution in [0.25, 0.3) is 0 Å². The largest absolute Gasteiger partial charge is 0.376 e. The Labute approximate surface area is 144 Å². The molecule has 1 aromatic rings. The van der Waals surface area contributed by atoms with E-state index in [1.54, 1.807) is 0 Å². The first-order valence-corrected chi connectivity index (χ1v) is 9.14. The lowest BCUT2D eigenvalue weighted by Crippen LogP contribution is -2.46. The number of carbonyl (C=O) groups excluding carboxylic acids is 1. The van der Waals surface area contributed by atoms with Crippen molar-refractivity contribution in [1.82, 2.24) is 20.0 Å². The van der Waals surface area contributed by atoms with E-state index in [1.165, 1.54) is 11.3 Å². The van der Waals surface area contributed by atoms with Crippen molar-refractivity contribution in [1.29, 1.82) is 0 Å². The summed E-state index contributed by atoms with van der Waals surface area (Å²) in [5, 5.41) is 7.64. The summed E-state index contributed by atoms with van der Waals surface area (Å²) in [5.74, 6) is 0.108. The summed E-state index contributed by atoms with van der Waals surface area (Å²) in [6.45, 7) is 8.63. The van der Waals surface area contributed by atoms with Gasteiger partial charge in [-0.2, -0.15) is 5.10 Å². The summed E-state index contributed by atoms with van der Waals surface area (Å²) < 4.78 is 7.54. The number of aromatic nitrogens is 2. The van der Waals surface area contributed by atoms with Gasteiger partial charge >= 0.3 is 0 Å². The number of nitrogens with one attached hydrogen (secondary N) is 1. The lowest BCUT2D eigenvalue weighted by atomic mass is 10.0. The SMILES string of the molecule is Cc1nn(C)c(C)c1[C@@H]1CCCN1[C@@H](C)C(=O)NC[C@@H]1CCCO1. The average molecular weight is 334 g/mol. The third kappa shape index (κ3) is 3.35. The maximum Gasteiger partial charge on any atom is 0.237 e. The molecule has 1 aromatic heterocycles. The van der Waals surface area contributed by atoms with Gasteiger partial charge in [-0.05, 0) is 53.0 Å². The van der Waals surface area contributed by atoms with Gasteiger partial charge in [0.2, 0.25) is 5.91 Å². The molecule has 1 N–H and O–H groups in total. The summed E-state index contributed by atoms with van der Waals surface area (Å²) in [4.78, 5) is 14.9. The molecule has 2 saturated heterocycles. The van der Waals surface area contributed by atoms with Crippen LogP contribution in [0, 0.1) is 13.8 Å². The van der Waals surface area contributed by atoms with Crippen molar-refractivity contribution in [2.24, 2.45) is 7.05 Å². The highest BCUT2D eigenvalue weighted by atomic mass is 16.5. The fraction of sp³-hybridized carbons (Fsp3) is 0.778. The van der Waals surface area contributed by atoms with Crippen molar-refractivity contribution in [3.05, 3.63) is 17.0 Å². The summed E-state index contributed by atoms with van der Waals surface area (Å²) in [7, 11) is 1.99. The number of hydrogen-bond donors (Lipinski definition) is 1. The zero-order valence-corrected chi connectivity index (χ0v) is 15.3. The lowest BCUT2D eigenvalue weighted by Gasteiger charge is -2.30.